The summed E-state index contributed by atoms with van der Waals surface area (Å²) in [5, 5.41) is 4.11. The highest BCUT2D eigenvalue weighted by molar-refractivity contribution is 14.1. The lowest BCUT2D eigenvalue weighted by Gasteiger charge is -2.40. The normalized spacial score (nSPS) is 15.6. The van der Waals surface area contributed by atoms with E-state index in [2.05, 4.69) is 84.0 Å². The summed E-state index contributed by atoms with van der Waals surface area (Å²) in [5.41, 5.74) is 7.78. The molecule has 0 bridgehead atoms. The van der Waals surface area contributed by atoms with Gasteiger partial charge in [-0.3, -0.25) is 4.79 Å². The molecule has 1 heterocycles. The van der Waals surface area contributed by atoms with Gasteiger partial charge in [0.25, 0.3) is 5.91 Å². The molecule has 26 heavy (non-hydrogen) atoms. The van der Waals surface area contributed by atoms with Crippen LogP contribution in [0.5, 0.6) is 0 Å². The second-order valence-corrected chi connectivity index (χ2v) is 8.27. The topological polar surface area (TPSA) is 44.7 Å². The molecule has 1 amide bonds. The van der Waals surface area contributed by atoms with Crippen molar-refractivity contribution in [3.63, 3.8) is 0 Å². The highest BCUT2D eigenvalue weighted by atomic mass is 127. The number of fused-ring (bicyclic) bond motifs is 1. The van der Waals surface area contributed by atoms with Crippen molar-refractivity contribution in [2.75, 3.05) is 11.9 Å². The number of nitrogens with zero attached hydrogens (tertiary/aromatic N) is 2. The number of amides is 1. The van der Waals surface area contributed by atoms with E-state index >= 15 is 0 Å². The molecule has 2 aromatic rings. The molecule has 0 atom stereocenters. The van der Waals surface area contributed by atoms with Gasteiger partial charge in [-0.1, -0.05) is 18.2 Å². The fraction of sp³-hybridized carbons (Fsp3) is 0.238. The number of anilines is 1. The molecule has 0 spiro atoms. The van der Waals surface area contributed by atoms with Crippen LogP contribution in [-0.4, -0.2) is 24.7 Å². The Labute approximate surface area is 168 Å². The summed E-state index contributed by atoms with van der Waals surface area (Å²) in [7, 11) is 2.11. The Morgan fingerprint density at radius 1 is 1.23 bits per heavy atom. The fourth-order valence-electron chi connectivity index (χ4n) is 3.12. The molecule has 0 radical (unpaired) electrons. The van der Waals surface area contributed by atoms with Gasteiger partial charge in [0.05, 0.1) is 11.8 Å². The van der Waals surface area contributed by atoms with Gasteiger partial charge in [-0.2, -0.15) is 5.10 Å². The Morgan fingerprint density at radius 3 is 2.73 bits per heavy atom. The molecule has 5 heteroatoms. The van der Waals surface area contributed by atoms with E-state index in [1.165, 1.54) is 16.8 Å². The minimum Gasteiger partial charge on any atom is -0.366 e. The Balaban J connectivity index is 1.77. The number of halogens is 1. The highest BCUT2D eigenvalue weighted by Crippen LogP contribution is 2.37. The number of rotatable bonds is 3. The van der Waals surface area contributed by atoms with Crippen molar-refractivity contribution >= 4 is 46.0 Å². The summed E-state index contributed by atoms with van der Waals surface area (Å²) in [6.45, 7) is 6.54. The first-order valence-corrected chi connectivity index (χ1v) is 9.52. The average Bonchev–Trinajstić information content (AvgIpc) is 2.59. The number of hydrogen-bond donors (Lipinski definition) is 1. The van der Waals surface area contributed by atoms with E-state index < -0.39 is 0 Å². The number of benzene rings is 2. The maximum atomic E-state index is 12.1. The van der Waals surface area contributed by atoms with Crippen LogP contribution in [-0.2, 0) is 0 Å². The van der Waals surface area contributed by atoms with Crippen molar-refractivity contribution in [3.8, 4) is 0 Å². The van der Waals surface area contributed by atoms with E-state index in [9.17, 15) is 4.79 Å². The first-order valence-electron chi connectivity index (χ1n) is 8.44. The lowest BCUT2D eigenvalue weighted by molar-refractivity contribution is 0.0955. The van der Waals surface area contributed by atoms with Crippen molar-refractivity contribution in [2.45, 2.75) is 26.3 Å². The van der Waals surface area contributed by atoms with Crippen LogP contribution in [0.15, 0.2) is 53.6 Å². The van der Waals surface area contributed by atoms with Crippen LogP contribution < -0.4 is 10.3 Å². The molecule has 0 aromatic heterocycles. The number of carbonyl (C=O) groups is 1. The molecule has 2 aromatic carbocycles. The molecule has 134 valence electrons. The Bertz CT molecular complexity index is 915. The van der Waals surface area contributed by atoms with Gasteiger partial charge >= 0.3 is 0 Å². The van der Waals surface area contributed by atoms with E-state index in [0.29, 0.717) is 5.56 Å². The SMILES string of the molecule is CC1=CC(C)(C)N(C)c2ccc(/C=N/NC(=O)c3cccc(I)c3)cc21. The summed E-state index contributed by atoms with van der Waals surface area (Å²) >= 11 is 2.18. The van der Waals surface area contributed by atoms with Gasteiger partial charge in [-0.15, -0.1) is 0 Å². The summed E-state index contributed by atoms with van der Waals surface area (Å²) in [4.78, 5) is 14.4. The van der Waals surface area contributed by atoms with E-state index in [1.54, 1.807) is 12.3 Å². The first-order chi connectivity index (χ1) is 12.3. The molecular weight excluding hydrogens is 437 g/mol. The molecule has 0 fully saturated rings. The van der Waals surface area contributed by atoms with E-state index in [4.69, 9.17) is 0 Å². The zero-order valence-electron chi connectivity index (χ0n) is 15.4. The van der Waals surface area contributed by atoms with E-state index in [-0.39, 0.29) is 11.4 Å². The van der Waals surface area contributed by atoms with Crippen LogP contribution in [0.4, 0.5) is 5.69 Å². The molecule has 0 saturated carbocycles. The monoisotopic (exact) mass is 459 g/mol. The van der Waals surface area contributed by atoms with Gasteiger partial charge in [0.15, 0.2) is 0 Å². The third-order valence-electron chi connectivity index (χ3n) is 4.71. The molecule has 1 N–H and O–H groups in total. The summed E-state index contributed by atoms with van der Waals surface area (Å²) in [6.07, 6.45) is 3.95. The zero-order chi connectivity index (χ0) is 18.9. The van der Waals surface area contributed by atoms with Crippen LogP contribution in [0, 0.1) is 3.57 Å². The average molecular weight is 459 g/mol. The van der Waals surface area contributed by atoms with E-state index in [1.807, 2.05) is 24.3 Å². The predicted molar refractivity (Wildman–Crippen MR) is 117 cm³/mol. The summed E-state index contributed by atoms with van der Waals surface area (Å²) in [6, 6.07) is 13.6. The molecule has 0 saturated heterocycles. The van der Waals surface area contributed by atoms with Crippen LogP contribution in [0.2, 0.25) is 0 Å². The van der Waals surface area contributed by atoms with Crippen molar-refractivity contribution in [3.05, 3.63) is 68.8 Å². The Hall–Kier alpha value is -2.15. The zero-order valence-corrected chi connectivity index (χ0v) is 17.5. The second kappa shape index (κ2) is 7.23. The number of likely N-dealkylation sites (N-methyl/N-ethyl adjacent to an activating group) is 1. The van der Waals surface area contributed by atoms with Crippen molar-refractivity contribution in [1.29, 1.82) is 0 Å². The van der Waals surface area contributed by atoms with Crippen LogP contribution >= 0.6 is 22.6 Å². The Kier molecular flexibility index (Phi) is 5.18. The second-order valence-electron chi connectivity index (χ2n) is 7.03. The van der Waals surface area contributed by atoms with Gasteiger partial charge < -0.3 is 4.90 Å². The van der Waals surface area contributed by atoms with Crippen LogP contribution in [0.25, 0.3) is 5.57 Å². The number of hydrogen-bond acceptors (Lipinski definition) is 3. The van der Waals surface area contributed by atoms with Gasteiger partial charge in [0, 0.05) is 27.4 Å². The fourth-order valence-corrected chi connectivity index (χ4v) is 3.66. The minimum absolute atomic E-state index is 0.00609. The summed E-state index contributed by atoms with van der Waals surface area (Å²) in [5.74, 6) is -0.213. The quantitative estimate of drug-likeness (QED) is 0.412. The molecule has 1 aliphatic rings. The van der Waals surface area contributed by atoms with Crippen molar-refractivity contribution in [1.82, 2.24) is 5.43 Å². The van der Waals surface area contributed by atoms with Gasteiger partial charge in [-0.05, 0) is 84.8 Å². The number of allylic oxidation sites excluding steroid dienone is 1. The summed E-state index contributed by atoms with van der Waals surface area (Å²) < 4.78 is 1.02. The maximum absolute atomic E-state index is 12.1. The molecule has 0 aliphatic carbocycles. The number of hydrazone groups is 1. The minimum atomic E-state index is -0.213. The molecule has 0 unspecified atom stereocenters. The lowest BCUT2D eigenvalue weighted by Crippen LogP contribution is -2.42. The van der Waals surface area contributed by atoms with Gasteiger partial charge in [0.2, 0.25) is 0 Å². The third kappa shape index (κ3) is 3.82. The maximum Gasteiger partial charge on any atom is 0.271 e. The smallest absolute Gasteiger partial charge is 0.271 e. The van der Waals surface area contributed by atoms with E-state index in [0.717, 1.165) is 9.13 Å². The molecule has 3 rings (SSSR count). The van der Waals surface area contributed by atoms with Gasteiger partial charge in [-0.25, -0.2) is 5.43 Å². The number of nitrogens with one attached hydrogen (secondary N) is 1. The first kappa shape index (κ1) is 18.6. The van der Waals surface area contributed by atoms with Crippen molar-refractivity contribution < 1.29 is 4.79 Å². The molecule has 1 aliphatic heterocycles. The predicted octanol–water partition coefficient (Wildman–Crippen LogP) is 4.69. The molecular formula is C21H22IN3O. The number of carbonyl (C=O) groups excluding carboxylic acids is 1. The van der Waals surface area contributed by atoms with Crippen LogP contribution in [0.1, 0.15) is 42.3 Å². The standard InChI is InChI=1S/C21H22IN3O/c1-14-12-21(2,3)25(4)19-9-8-15(10-18(14)19)13-23-24-20(26)16-6-5-7-17(22)11-16/h5-13H,1-4H3,(H,24,26)/b23-13+. The molecule has 4 nitrogen and oxygen atoms in total. The van der Waals surface area contributed by atoms with Gasteiger partial charge in [0.1, 0.15) is 0 Å². The highest BCUT2D eigenvalue weighted by Gasteiger charge is 2.28. The lowest BCUT2D eigenvalue weighted by atomic mass is 9.89. The Morgan fingerprint density at radius 2 is 2.00 bits per heavy atom. The van der Waals surface area contributed by atoms with Crippen molar-refractivity contribution in [2.24, 2.45) is 5.10 Å². The third-order valence-corrected chi connectivity index (χ3v) is 5.38. The largest absolute Gasteiger partial charge is 0.366 e. The van der Waals surface area contributed by atoms with Crippen LogP contribution in [0.3, 0.4) is 0 Å².